The molecule has 0 amide bonds. The standard InChI is InChI=1S/C15H22N2/c1-12(2)13-5-7-14(8-6-13)15(11-16)9-10-17(3)4/h5-8,12,15H,9-10H2,1-4H3. The highest BCUT2D eigenvalue weighted by molar-refractivity contribution is 5.30. The SMILES string of the molecule is CC(C)c1ccc(C(C#N)CCN(C)C)cc1. The lowest BCUT2D eigenvalue weighted by Gasteiger charge is -2.14. The van der Waals surface area contributed by atoms with Gasteiger partial charge in [0.15, 0.2) is 0 Å². The van der Waals surface area contributed by atoms with Gasteiger partial charge in [0.1, 0.15) is 0 Å². The van der Waals surface area contributed by atoms with E-state index in [4.69, 9.17) is 0 Å². The van der Waals surface area contributed by atoms with Crippen LogP contribution >= 0.6 is 0 Å². The summed E-state index contributed by atoms with van der Waals surface area (Å²) in [6.07, 6.45) is 0.893. The Labute approximate surface area is 105 Å². The molecule has 2 nitrogen and oxygen atoms in total. The summed E-state index contributed by atoms with van der Waals surface area (Å²) in [6.45, 7) is 5.32. The van der Waals surface area contributed by atoms with Gasteiger partial charge >= 0.3 is 0 Å². The minimum atomic E-state index is 0.0126. The van der Waals surface area contributed by atoms with Gasteiger partial charge in [-0.25, -0.2) is 0 Å². The van der Waals surface area contributed by atoms with Gasteiger partial charge in [-0.3, -0.25) is 0 Å². The Bertz CT molecular complexity index is 371. The summed E-state index contributed by atoms with van der Waals surface area (Å²) in [5, 5.41) is 9.20. The van der Waals surface area contributed by atoms with E-state index in [0.717, 1.165) is 18.5 Å². The predicted molar refractivity (Wildman–Crippen MR) is 72.1 cm³/mol. The zero-order valence-corrected chi connectivity index (χ0v) is 11.3. The molecule has 0 fully saturated rings. The maximum absolute atomic E-state index is 9.20. The molecule has 1 aromatic rings. The third-order valence-corrected chi connectivity index (χ3v) is 3.03. The van der Waals surface area contributed by atoms with Gasteiger partial charge in [-0.1, -0.05) is 38.1 Å². The molecule has 17 heavy (non-hydrogen) atoms. The van der Waals surface area contributed by atoms with Crippen molar-refractivity contribution in [2.75, 3.05) is 20.6 Å². The Hall–Kier alpha value is -1.33. The first kappa shape index (κ1) is 13.7. The van der Waals surface area contributed by atoms with E-state index < -0.39 is 0 Å². The summed E-state index contributed by atoms with van der Waals surface area (Å²) in [4.78, 5) is 2.12. The van der Waals surface area contributed by atoms with E-state index in [-0.39, 0.29) is 5.92 Å². The van der Waals surface area contributed by atoms with Gasteiger partial charge in [0.05, 0.1) is 12.0 Å². The van der Waals surface area contributed by atoms with Crippen molar-refractivity contribution < 1.29 is 0 Å². The minimum absolute atomic E-state index is 0.0126. The van der Waals surface area contributed by atoms with Gasteiger partial charge in [-0.05, 0) is 44.1 Å². The first-order chi connectivity index (χ1) is 8.04. The molecule has 0 heterocycles. The fraction of sp³-hybridized carbons (Fsp3) is 0.533. The highest BCUT2D eigenvalue weighted by atomic mass is 15.0. The van der Waals surface area contributed by atoms with Crippen LogP contribution in [0, 0.1) is 11.3 Å². The molecule has 92 valence electrons. The van der Waals surface area contributed by atoms with Crippen LogP contribution in [0.3, 0.4) is 0 Å². The fourth-order valence-electron chi connectivity index (χ4n) is 1.81. The van der Waals surface area contributed by atoms with E-state index in [1.807, 2.05) is 14.1 Å². The quantitative estimate of drug-likeness (QED) is 0.775. The van der Waals surface area contributed by atoms with E-state index in [1.54, 1.807) is 0 Å². The molecule has 1 aromatic carbocycles. The zero-order chi connectivity index (χ0) is 12.8. The van der Waals surface area contributed by atoms with Crippen LogP contribution in [0.15, 0.2) is 24.3 Å². The van der Waals surface area contributed by atoms with Crippen molar-refractivity contribution in [2.45, 2.75) is 32.1 Å². The third kappa shape index (κ3) is 4.20. The topological polar surface area (TPSA) is 27.0 Å². The Kier molecular flexibility index (Phi) is 5.18. The summed E-state index contributed by atoms with van der Waals surface area (Å²) >= 11 is 0. The number of nitrogens with zero attached hydrogens (tertiary/aromatic N) is 2. The highest BCUT2D eigenvalue weighted by Crippen LogP contribution is 2.22. The number of nitriles is 1. The second-order valence-electron chi connectivity index (χ2n) is 5.10. The lowest BCUT2D eigenvalue weighted by atomic mass is 9.94. The molecule has 0 aliphatic rings. The van der Waals surface area contributed by atoms with Gasteiger partial charge in [-0.15, -0.1) is 0 Å². The van der Waals surface area contributed by atoms with Gasteiger partial charge in [-0.2, -0.15) is 5.26 Å². The van der Waals surface area contributed by atoms with Crippen molar-refractivity contribution in [2.24, 2.45) is 0 Å². The Morgan fingerprint density at radius 3 is 2.06 bits per heavy atom. The minimum Gasteiger partial charge on any atom is -0.309 e. The summed E-state index contributed by atoms with van der Waals surface area (Å²) in [5.41, 5.74) is 2.47. The molecule has 1 unspecified atom stereocenters. The lowest BCUT2D eigenvalue weighted by molar-refractivity contribution is 0.393. The van der Waals surface area contributed by atoms with E-state index in [1.165, 1.54) is 5.56 Å². The van der Waals surface area contributed by atoms with E-state index in [9.17, 15) is 5.26 Å². The Balaban J connectivity index is 2.73. The van der Waals surface area contributed by atoms with Crippen LogP contribution in [0.25, 0.3) is 0 Å². The Morgan fingerprint density at radius 1 is 1.12 bits per heavy atom. The average Bonchev–Trinajstić information content (AvgIpc) is 2.30. The van der Waals surface area contributed by atoms with Crippen LogP contribution in [0.5, 0.6) is 0 Å². The molecule has 0 aliphatic heterocycles. The first-order valence-electron chi connectivity index (χ1n) is 6.18. The number of hydrogen-bond donors (Lipinski definition) is 0. The smallest absolute Gasteiger partial charge is 0.0724 e. The molecule has 0 saturated heterocycles. The van der Waals surface area contributed by atoms with Crippen LogP contribution in [-0.4, -0.2) is 25.5 Å². The number of rotatable bonds is 5. The van der Waals surface area contributed by atoms with Gasteiger partial charge in [0.25, 0.3) is 0 Å². The molecular formula is C15H22N2. The second-order valence-corrected chi connectivity index (χ2v) is 5.10. The van der Waals surface area contributed by atoms with E-state index in [0.29, 0.717) is 5.92 Å². The largest absolute Gasteiger partial charge is 0.309 e. The molecular weight excluding hydrogens is 208 g/mol. The Morgan fingerprint density at radius 2 is 1.65 bits per heavy atom. The van der Waals surface area contributed by atoms with Crippen LogP contribution in [0.4, 0.5) is 0 Å². The molecule has 1 rings (SSSR count). The lowest BCUT2D eigenvalue weighted by Crippen LogP contribution is -2.15. The van der Waals surface area contributed by atoms with Crippen molar-refractivity contribution in [1.82, 2.24) is 4.90 Å². The van der Waals surface area contributed by atoms with Crippen molar-refractivity contribution in [3.05, 3.63) is 35.4 Å². The molecule has 0 N–H and O–H groups in total. The van der Waals surface area contributed by atoms with Crippen LogP contribution < -0.4 is 0 Å². The molecule has 2 heteroatoms. The maximum atomic E-state index is 9.20. The molecule has 0 spiro atoms. The van der Waals surface area contributed by atoms with Crippen LogP contribution in [0.2, 0.25) is 0 Å². The van der Waals surface area contributed by atoms with Crippen LogP contribution in [-0.2, 0) is 0 Å². The monoisotopic (exact) mass is 230 g/mol. The summed E-state index contributed by atoms with van der Waals surface area (Å²) < 4.78 is 0. The van der Waals surface area contributed by atoms with Crippen molar-refractivity contribution in [3.63, 3.8) is 0 Å². The summed E-state index contributed by atoms with van der Waals surface area (Å²) in [7, 11) is 4.08. The summed E-state index contributed by atoms with van der Waals surface area (Å²) in [5.74, 6) is 0.560. The average molecular weight is 230 g/mol. The van der Waals surface area contributed by atoms with Crippen molar-refractivity contribution in [3.8, 4) is 6.07 Å². The maximum Gasteiger partial charge on any atom is 0.0724 e. The number of hydrogen-bond acceptors (Lipinski definition) is 2. The van der Waals surface area contributed by atoms with Crippen molar-refractivity contribution >= 4 is 0 Å². The zero-order valence-electron chi connectivity index (χ0n) is 11.3. The fourth-order valence-corrected chi connectivity index (χ4v) is 1.81. The van der Waals surface area contributed by atoms with Gasteiger partial charge < -0.3 is 4.90 Å². The molecule has 0 aliphatic carbocycles. The summed E-state index contributed by atoms with van der Waals surface area (Å²) in [6, 6.07) is 10.9. The third-order valence-electron chi connectivity index (χ3n) is 3.03. The normalized spacial score (nSPS) is 12.8. The van der Waals surface area contributed by atoms with E-state index >= 15 is 0 Å². The molecule has 0 aromatic heterocycles. The number of benzene rings is 1. The molecule has 0 saturated carbocycles. The van der Waals surface area contributed by atoms with Crippen molar-refractivity contribution in [1.29, 1.82) is 5.26 Å². The highest BCUT2D eigenvalue weighted by Gasteiger charge is 2.11. The predicted octanol–water partition coefficient (Wildman–Crippen LogP) is 3.37. The van der Waals surface area contributed by atoms with Crippen LogP contribution in [0.1, 0.15) is 43.2 Å². The first-order valence-corrected chi connectivity index (χ1v) is 6.18. The van der Waals surface area contributed by atoms with Gasteiger partial charge in [0.2, 0.25) is 0 Å². The second kappa shape index (κ2) is 6.42. The molecule has 0 bridgehead atoms. The molecule has 0 radical (unpaired) electrons. The molecule has 1 atom stereocenters. The van der Waals surface area contributed by atoms with Gasteiger partial charge in [0, 0.05) is 0 Å². The van der Waals surface area contributed by atoms with E-state index in [2.05, 4.69) is 49.1 Å².